The standard InChI is InChI=1S/C57H36N4/c1-3-12-36(13-4-1)39-22-27-43-45(32-39)47-34-41(25-30-54(47)60-52-20-9-7-16-38(52)24-29-53(43)60)49-18-11-19-50(58-49)42-26-31-55-48(35-42)46-33-40(37-14-5-2-6-15-37)23-28-44(46)57-59-51-17-8-10-21-56(51)61(55)57/h1-23,25-35H,24H2. The van der Waals surface area contributed by atoms with Crippen LogP contribution < -0.4 is 4.90 Å². The summed E-state index contributed by atoms with van der Waals surface area (Å²) in [6.07, 6.45) is 3.30. The summed E-state index contributed by atoms with van der Waals surface area (Å²) in [5.41, 5.74) is 21.7. The first-order chi connectivity index (χ1) is 30.2. The number of nitrogens with zero attached hydrogens (tertiary/aromatic N) is 4. The Kier molecular flexibility index (Phi) is 7.33. The highest BCUT2D eigenvalue weighted by atomic mass is 15.2. The molecule has 0 aliphatic carbocycles. The first-order valence-electron chi connectivity index (χ1n) is 21.0. The number of para-hydroxylation sites is 3. The lowest BCUT2D eigenvalue weighted by Gasteiger charge is -2.39. The van der Waals surface area contributed by atoms with E-state index in [1.165, 1.54) is 72.4 Å². The number of imidazole rings is 1. The van der Waals surface area contributed by atoms with Crippen molar-refractivity contribution in [3.63, 3.8) is 0 Å². The van der Waals surface area contributed by atoms with Gasteiger partial charge in [-0.05, 0) is 118 Å². The highest BCUT2D eigenvalue weighted by Crippen LogP contribution is 2.52. The summed E-state index contributed by atoms with van der Waals surface area (Å²) >= 11 is 0. The first kappa shape index (κ1) is 33.8. The zero-order chi connectivity index (χ0) is 40.0. The van der Waals surface area contributed by atoms with E-state index in [4.69, 9.17) is 9.97 Å². The normalized spacial score (nSPS) is 12.9. The molecule has 0 saturated carbocycles. The zero-order valence-electron chi connectivity index (χ0n) is 33.1. The van der Waals surface area contributed by atoms with Crippen molar-refractivity contribution in [2.75, 3.05) is 4.90 Å². The Labute approximate surface area is 353 Å². The van der Waals surface area contributed by atoms with E-state index in [0.717, 1.165) is 56.5 Å². The number of benzene rings is 8. The second kappa shape index (κ2) is 13.2. The molecule has 2 aliphatic heterocycles. The summed E-state index contributed by atoms with van der Waals surface area (Å²) in [6.45, 7) is 0. The van der Waals surface area contributed by atoms with Crippen LogP contribution >= 0.6 is 0 Å². The van der Waals surface area contributed by atoms with Crippen LogP contribution in [0.5, 0.6) is 0 Å². The van der Waals surface area contributed by atoms with Crippen LogP contribution in [0.2, 0.25) is 0 Å². The van der Waals surface area contributed by atoms with E-state index in [9.17, 15) is 0 Å². The van der Waals surface area contributed by atoms with E-state index < -0.39 is 0 Å². The molecule has 0 unspecified atom stereocenters. The third-order valence-electron chi connectivity index (χ3n) is 12.7. The summed E-state index contributed by atoms with van der Waals surface area (Å²) in [5.74, 6) is 0. The van der Waals surface area contributed by atoms with Crippen LogP contribution in [-0.2, 0) is 6.42 Å². The SMILES string of the molecule is C1=C2c3ccc(-c4ccccc4)cc3-c3cc(-c4cccc(-c5ccc6c(c5)c5cc(-c7ccccc7)ccc5c5nc7ccccc7n65)n4)ccc3N2c2ccccc2C1. The summed E-state index contributed by atoms with van der Waals surface area (Å²) in [6, 6.07) is 72.4. The minimum atomic E-state index is 0.911. The summed E-state index contributed by atoms with van der Waals surface area (Å²) in [5, 5.41) is 3.47. The average molecular weight is 777 g/mol. The maximum atomic E-state index is 5.41. The fourth-order valence-electron chi connectivity index (χ4n) is 9.81. The number of allylic oxidation sites excluding steroid dienone is 1. The number of pyridine rings is 2. The van der Waals surface area contributed by atoms with E-state index in [1.54, 1.807) is 0 Å². The highest BCUT2D eigenvalue weighted by molar-refractivity contribution is 6.15. The number of aromatic nitrogens is 3. The Morgan fingerprint density at radius 3 is 1.87 bits per heavy atom. The molecule has 2 aliphatic rings. The van der Waals surface area contributed by atoms with Gasteiger partial charge in [-0.25, -0.2) is 9.97 Å². The third-order valence-corrected chi connectivity index (χ3v) is 12.7. The van der Waals surface area contributed by atoms with E-state index >= 15 is 0 Å². The number of hydrogen-bond donors (Lipinski definition) is 0. The largest absolute Gasteiger partial charge is 0.309 e. The van der Waals surface area contributed by atoms with Gasteiger partial charge < -0.3 is 4.90 Å². The van der Waals surface area contributed by atoms with Gasteiger partial charge in [0, 0.05) is 38.7 Å². The second-order valence-electron chi connectivity index (χ2n) is 16.1. The minimum Gasteiger partial charge on any atom is -0.309 e. The van der Waals surface area contributed by atoms with Crippen molar-refractivity contribution in [2.24, 2.45) is 0 Å². The molecule has 0 spiro atoms. The predicted molar refractivity (Wildman–Crippen MR) is 253 cm³/mol. The number of anilines is 2. The molecule has 8 aromatic carbocycles. The average Bonchev–Trinajstić information content (AvgIpc) is 3.74. The molecule has 0 radical (unpaired) electrons. The van der Waals surface area contributed by atoms with Gasteiger partial charge in [-0.3, -0.25) is 4.40 Å². The van der Waals surface area contributed by atoms with Gasteiger partial charge >= 0.3 is 0 Å². The Morgan fingerprint density at radius 1 is 0.377 bits per heavy atom. The molecule has 5 heterocycles. The van der Waals surface area contributed by atoms with E-state index in [1.807, 2.05) is 0 Å². The van der Waals surface area contributed by atoms with Crippen molar-refractivity contribution in [3.8, 4) is 55.9 Å². The molecule has 0 atom stereocenters. The van der Waals surface area contributed by atoms with E-state index in [0.29, 0.717) is 0 Å². The molecular weight excluding hydrogens is 741 g/mol. The molecule has 0 saturated heterocycles. The molecule has 4 nitrogen and oxygen atoms in total. The Morgan fingerprint density at radius 2 is 1.03 bits per heavy atom. The summed E-state index contributed by atoms with van der Waals surface area (Å²) < 4.78 is 2.32. The molecule has 0 bridgehead atoms. The van der Waals surface area contributed by atoms with Crippen molar-refractivity contribution in [1.82, 2.24) is 14.4 Å². The molecule has 284 valence electrons. The van der Waals surface area contributed by atoms with Crippen LogP contribution in [0.3, 0.4) is 0 Å². The molecule has 3 aromatic heterocycles. The van der Waals surface area contributed by atoms with Gasteiger partial charge in [-0.1, -0.05) is 133 Å². The van der Waals surface area contributed by atoms with Gasteiger partial charge in [0.15, 0.2) is 0 Å². The lowest BCUT2D eigenvalue weighted by molar-refractivity contribution is 1.14. The fourth-order valence-corrected chi connectivity index (χ4v) is 9.81. The van der Waals surface area contributed by atoms with Gasteiger partial charge in [0.25, 0.3) is 0 Å². The van der Waals surface area contributed by atoms with Crippen molar-refractivity contribution in [1.29, 1.82) is 0 Å². The molecule has 0 fully saturated rings. The molecule has 11 aromatic rings. The molecule has 61 heavy (non-hydrogen) atoms. The fraction of sp³-hybridized carbons (Fsp3) is 0.0175. The third kappa shape index (κ3) is 5.25. The van der Waals surface area contributed by atoms with Crippen LogP contribution in [0.15, 0.2) is 206 Å². The van der Waals surface area contributed by atoms with Crippen LogP contribution in [0.25, 0.3) is 99.9 Å². The Hall–Kier alpha value is -8.08. The van der Waals surface area contributed by atoms with Gasteiger partial charge in [-0.15, -0.1) is 0 Å². The lowest BCUT2D eigenvalue weighted by Crippen LogP contribution is -2.24. The predicted octanol–water partition coefficient (Wildman–Crippen LogP) is 14.6. The quantitative estimate of drug-likeness (QED) is 0.167. The number of hydrogen-bond acceptors (Lipinski definition) is 3. The molecule has 4 heteroatoms. The van der Waals surface area contributed by atoms with E-state index in [-0.39, 0.29) is 0 Å². The molecular formula is C57H36N4. The molecule has 13 rings (SSSR count). The zero-order valence-corrected chi connectivity index (χ0v) is 33.1. The topological polar surface area (TPSA) is 33.4 Å². The lowest BCUT2D eigenvalue weighted by atomic mass is 9.84. The van der Waals surface area contributed by atoms with Gasteiger partial charge in [0.2, 0.25) is 0 Å². The van der Waals surface area contributed by atoms with Crippen molar-refractivity contribution in [2.45, 2.75) is 6.42 Å². The van der Waals surface area contributed by atoms with Crippen LogP contribution in [0.1, 0.15) is 11.1 Å². The van der Waals surface area contributed by atoms with Crippen molar-refractivity contribution < 1.29 is 0 Å². The number of fused-ring (bicyclic) bond motifs is 16. The van der Waals surface area contributed by atoms with Crippen LogP contribution in [0, 0.1) is 0 Å². The Bertz CT molecular complexity index is 3620. The van der Waals surface area contributed by atoms with Gasteiger partial charge in [-0.2, -0.15) is 0 Å². The minimum absolute atomic E-state index is 0.911. The molecule has 0 N–H and O–H groups in total. The Balaban J connectivity index is 0.978. The van der Waals surface area contributed by atoms with Crippen molar-refractivity contribution in [3.05, 3.63) is 217 Å². The summed E-state index contributed by atoms with van der Waals surface area (Å²) in [4.78, 5) is 13.0. The van der Waals surface area contributed by atoms with Crippen molar-refractivity contribution >= 4 is 55.4 Å². The maximum Gasteiger partial charge on any atom is 0.146 e. The monoisotopic (exact) mass is 776 g/mol. The maximum absolute atomic E-state index is 5.41. The van der Waals surface area contributed by atoms with E-state index in [2.05, 4.69) is 216 Å². The smallest absolute Gasteiger partial charge is 0.146 e. The van der Waals surface area contributed by atoms with Crippen LogP contribution in [0.4, 0.5) is 11.4 Å². The summed E-state index contributed by atoms with van der Waals surface area (Å²) in [7, 11) is 0. The van der Waals surface area contributed by atoms with Crippen LogP contribution in [-0.4, -0.2) is 14.4 Å². The highest BCUT2D eigenvalue weighted by Gasteiger charge is 2.31. The van der Waals surface area contributed by atoms with Gasteiger partial charge in [0.05, 0.1) is 39.3 Å². The first-order valence-corrected chi connectivity index (χ1v) is 21.0. The molecule has 0 amide bonds. The number of rotatable bonds is 4. The second-order valence-corrected chi connectivity index (χ2v) is 16.1. The van der Waals surface area contributed by atoms with Gasteiger partial charge in [0.1, 0.15) is 5.65 Å².